The molecule has 14 heavy (non-hydrogen) atoms. The van der Waals surface area contributed by atoms with Gasteiger partial charge in [-0.25, -0.2) is 4.39 Å². The van der Waals surface area contributed by atoms with Crippen molar-refractivity contribution in [2.45, 2.75) is 13.3 Å². The molecule has 1 heteroatoms. The van der Waals surface area contributed by atoms with Gasteiger partial charge >= 0.3 is 0 Å². The molecule has 0 atom stereocenters. The van der Waals surface area contributed by atoms with Crippen molar-refractivity contribution < 1.29 is 4.39 Å². The predicted octanol–water partition coefficient (Wildman–Crippen LogP) is 3.84. The minimum absolute atomic E-state index is 0.136. The Kier molecular flexibility index (Phi) is 2.49. The molecule has 0 saturated heterocycles. The van der Waals surface area contributed by atoms with Crippen LogP contribution in [0.15, 0.2) is 42.2 Å². The van der Waals surface area contributed by atoms with Crippen molar-refractivity contribution in [2.75, 3.05) is 0 Å². The van der Waals surface area contributed by atoms with Crippen molar-refractivity contribution in [3.63, 3.8) is 0 Å². The summed E-state index contributed by atoms with van der Waals surface area (Å²) >= 11 is 0. The van der Waals surface area contributed by atoms with Crippen LogP contribution >= 0.6 is 0 Å². The van der Waals surface area contributed by atoms with Crippen LogP contribution in [0, 0.1) is 13.3 Å². The number of aryl methyl sites for hydroxylation is 1. The maximum absolute atomic E-state index is 13.0. The van der Waals surface area contributed by atoms with E-state index in [1.807, 2.05) is 37.6 Å². The maximum Gasteiger partial charge on any atom is 0.119 e. The third-order valence-electron chi connectivity index (χ3n) is 2.33. The van der Waals surface area contributed by atoms with Crippen LogP contribution in [0.2, 0.25) is 0 Å². The molecule has 0 nitrogen and oxygen atoms in total. The van der Waals surface area contributed by atoms with Crippen LogP contribution in [-0.4, -0.2) is 0 Å². The lowest BCUT2D eigenvalue weighted by atomic mass is 9.96. The van der Waals surface area contributed by atoms with E-state index in [0.29, 0.717) is 6.42 Å². The molecule has 1 aromatic rings. The number of hydrogen-bond acceptors (Lipinski definition) is 0. The summed E-state index contributed by atoms with van der Waals surface area (Å²) < 4.78 is 13.0. The molecule has 0 saturated carbocycles. The number of hydrogen-bond donors (Lipinski definition) is 0. The Bertz CT molecular complexity index is 382. The minimum Gasteiger partial charge on any atom is -0.207 e. The van der Waals surface area contributed by atoms with Gasteiger partial charge in [-0.1, -0.05) is 29.8 Å². The van der Waals surface area contributed by atoms with Gasteiger partial charge in [0.05, 0.1) is 0 Å². The smallest absolute Gasteiger partial charge is 0.119 e. The summed E-state index contributed by atoms with van der Waals surface area (Å²) in [5.41, 5.74) is 3.28. The van der Waals surface area contributed by atoms with E-state index in [1.165, 1.54) is 5.56 Å². The molecule has 0 amide bonds. The molecule has 1 radical (unpaired) electrons. The van der Waals surface area contributed by atoms with Crippen LogP contribution in [0.5, 0.6) is 0 Å². The molecule has 0 heterocycles. The fourth-order valence-electron chi connectivity index (χ4n) is 1.51. The molecule has 2 rings (SSSR count). The highest BCUT2D eigenvalue weighted by Crippen LogP contribution is 2.26. The highest BCUT2D eigenvalue weighted by Gasteiger charge is 2.06. The van der Waals surface area contributed by atoms with Crippen molar-refractivity contribution >= 4 is 5.57 Å². The molecule has 0 N–H and O–H groups in total. The van der Waals surface area contributed by atoms with Gasteiger partial charge in [0.15, 0.2) is 0 Å². The summed E-state index contributed by atoms with van der Waals surface area (Å²) in [6, 6.07) is 8.13. The Labute approximate surface area is 83.8 Å². The monoisotopic (exact) mass is 187 g/mol. The van der Waals surface area contributed by atoms with Crippen molar-refractivity contribution in [3.05, 3.63) is 59.8 Å². The number of benzene rings is 1. The SMILES string of the molecule is Cc1ccc(C2=CC(F)=CC[CH]2)cc1. The Morgan fingerprint density at radius 3 is 2.50 bits per heavy atom. The Hall–Kier alpha value is -1.37. The van der Waals surface area contributed by atoms with E-state index in [0.717, 1.165) is 11.1 Å². The Balaban J connectivity index is 2.31. The number of rotatable bonds is 1. The standard InChI is InChI=1S/C13H12F/c1-10-5-7-11(8-6-10)12-3-2-4-13(14)9-12/h3-9H,2H2,1H3. The van der Waals surface area contributed by atoms with E-state index < -0.39 is 0 Å². The predicted molar refractivity (Wildman–Crippen MR) is 57.3 cm³/mol. The van der Waals surface area contributed by atoms with Gasteiger partial charge in [0.1, 0.15) is 5.83 Å². The van der Waals surface area contributed by atoms with Crippen LogP contribution in [0.3, 0.4) is 0 Å². The Morgan fingerprint density at radius 2 is 1.86 bits per heavy atom. The number of halogens is 1. The molecule has 0 spiro atoms. The molecule has 0 unspecified atom stereocenters. The summed E-state index contributed by atoms with van der Waals surface area (Å²) in [6.07, 6.45) is 5.88. The van der Waals surface area contributed by atoms with Crippen LogP contribution in [0.1, 0.15) is 17.5 Å². The molecular weight excluding hydrogens is 175 g/mol. The van der Waals surface area contributed by atoms with Crippen LogP contribution < -0.4 is 0 Å². The fourth-order valence-corrected chi connectivity index (χ4v) is 1.51. The van der Waals surface area contributed by atoms with Crippen molar-refractivity contribution in [3.8, 4) is 0 Å². The highest BCUT2D eigenvalue weighted by atomic mass is 19.1. The molecule has 1 aliphatic carbocycles. The van der Waals surface area contributed by atoms with Gasteiger partial charge in [0, 0.05) is 0 Å². The van der Waals surface area contributed by atoms with Crippen molar-refractivity contribution in [1.29, 1.82) is 0 Å². The van der Waals surface area contributed by atoms with Crippen molar-refractivity contribution in [1.82, 2.24) is 0 Å². The van der Waals surface area contributed by atoms with Gasteiger partial charge in [-0.3, -0.25) is 0 Å². The van der Waals surface area contributed by atoms with Gasteiger partial charge < -0.3 is 0 Å². The van der Waals surface area contributed by atoms with Crippen molar-refractivity contribution in [2.24, 2.45) is 0 Å². The largest absolute Gasteiger partial charge is 0.207 e. The zero-order chi connectivity index (χ0) is 9.97. The third-order valence-corrected chi connectivity index (χ3v) is 2.33. The third kappa shape index (κ3) is 1.92. The highest BCUT2D eigenvalue weighted by molar-refractivity contribution is 5.75. The quantitative estimate of drug-likeness (QED) is 0.626. The maximum atomic E-state index is 13.0. The molecule has 0 aliphatic heterocycles. The van der Waals surface area contributed by atoms with Gasteiger partial charge in [-0.2, -0.15) is 0 Å². The molecule has 0 aromatic heterocycles. The van der Waals surface area contributed by atoms with E-state index in [4.69, 9.17) is 0 Å². The molecule has 1 aliphatic rings. The van der Waals surface area contributed by atoms with Crippen LogP contribution in [-0.2, 0) is 0 Å². The first-order valence-electron chi connectivity index (χ1n) is 4.73. The molecule has 0 fully saturated rings. The van der Waals surface area contributed by atoms with Gasteiger partial charge in [0.2, 0.25) is 0 Å². The normalized spacial score (nSPS) is 16.1. The lowest BCUT2D eigenvalue weighted by Crippen LogP contribution is -1.90. The van der Waals surface area contributed by atoms with Crippen LogP contribution in [0.4, 0.5) is 4.39 Å². The molecule has 1 aromatic carbocycles. The summed E-state index contributed by atoms with van der Waals surface area (Å²) in [6.45, 7) is 2.04. The summed E-state index contributed by atoms with van der Waals surface area (Å²) in [7, 11) is 0. The second kappa shape index (κ2) is 3.79. The minimum atomic E-state index is -0.136. The summed E-state index contributed by atoms with van der Waals surface area (Å²) in [5, 5.41) is 0. The lowest BCUT2D eigenvalue weighted by molar-refractivity contribution is 0.660. The summed E-state index contributed by atoms with van der Waals surface area (Å²) in [4.78, 5) is 0. The first-order chi connectivity index (χ1) is 6.75. The summed E-state index contributed by atoms with van der Waals surface area (Å²) in [5.74, 6) is -0.136. The molecule has 0 bridgehead atoms. The second-order valence-electron chi connectivity index (χ2n) is 3.49. The van der Waals surface area contributed by atoms with Gasteiger partial charge in [0.25, 0.3) is 0 Å². The topological polar surface area (TPSA) is 0 Å². The zero-order valence-electron chi connectivity index (χ0n) is 8.13. The first-order valence-corrected chi connectivity index (χ1v) is 4.73. The number of allylic oxidation sites excluding steroid dienone is 4. The molecule has 71 valence electrons. The first kappa shape index (κ1) is 9.20. The fraction of sp³-hybridized carbons (Fsp3) is 0.154. The van der Waals surface area contributed by atoms with E-state index in [-0.39, 0.29) is 5.83 Å². The van der Waals surface area contributed by atoms with E-state index in [1.54, 1.807) is 12.2 Å². The average Bonchev–Trinajstić information content (AvgIpc) is 2.19. The van der Waals surface area contributed by atoms with E-state index in [9.17, 15) is 4.39 Å². The molecular formula is C13H12F. The second-order valence-corrected chi connectivity index (χ2v) is 3.49. The van der Waals surface area contributed by atoms with Gasteiger partial charge in [-0.05, 0) is 43.1 Å². The zero-order valence-corrected chi connectivity index (χ0v) is 8.13. The Morgan fingerprint density at radius 1 is 1.14 bits per heavy atom. The van der Waals surface area contributed by atoms with E-state index >= 15 is 0 Å². The van der Waals surface area contributed by atoms with Gasteiger partial charge in [-0.15, -0.1) is 0 Å². The average molecular weight is 187 g/mol. The van der Waals surface area contributed by atoms with E-state index in [2.05, 4.69) is 0 Å². The van der Waals surface area contributed by atoms with Crippen LogP contribution in [0.25, 0.3) is 5.57 Å². The lowest BCUT2D eigenvalue weighted by Gasteiger charge is -2.09.